The molecule has 0 bridgehead atoms. The van der Waals surface area contributed by atoms with E-state index in [0.717, 1.165) is 0 Å². The molecule has 5 heteroatoms. The highest BCUT2D eigenvalue weighted by atomic mass is 32.2. The number of carbonyl (C=O) groups excluding carboxylic acids is 1. The summed E-state index contributed by atoms with van der Waals surface area (Å²) in [7, 11) is 1.33. The fourth-order valence-electron chi connectivity index (χ4n) is 1.17. The van der Waals surface area contributed by atoms with Crippen LogP contribution in [0.3, 0.4) is 0 Å². The molecule has 0 aromatic heterocycles. The molecule has 0 aliphatic rings. The lowest BCUT2D eigenvalue weighted by molar-refractivity contribution is -0.143. The van der Waals surface area contributed by atoms with Crippen LogP contribution in [0.1, 0.15) is 12.5 Å². The van der Waals surface area contributed by atoms with Crippen molar-refractivity contribution in [3.63, 3.8) is 0 Å². The van der Waals surface area contributed by atoms with Gasteiger partial charge in [0.25, 0.3) is 0 Å². The molecular weight excluding hydrogens is 241 g/mol. The Morgan fingerprint density at radius 2 is 2.35 bits per heavy atom. The van der Waals surface area contributed by atoms with Gasteiger partial charge in [-0.1, -0.05) is 6.92 Å². The number of ether oxygens (including phenoxy) is 1. The summed E-state index contributed by atoms with van der Waals surface area (Å²) in [5, 5.41) is 8.59. The van der Waals surface area contributed by atoms with E-state index in [-0.39, 0.29) is 17.5 Å². The lowest BCUT2D eigenvalue weighted by Gasteiger charge is -2.08. The van der Waals surface area contributed by atoms with E-state index in [2.05, 4.69) is 4.74 Å². The third-order valence-corrected chi connectivity index (χ3v) is 3.46. The van der Waals surface area contributed by atoms with Crippen LogP contribution in [0, 0.1) is 23.1 Å². The maximum atomic E-state index is 13.5. The van der Waals surface area contributed by atoms with Crippen molar-refractivity contribution in [2.45, 2.75) is 11.8 Å². The fourth-order valence-corrected chi connectivity index (χ4v) is 2.10. The number of thioether (sulfide) groups is 1. The quantitative estimate of drug-likeness (QED) is 0.611. The lowest BCUT2D eigenvalue weighted by Crippen LogP contribution is -2.14. The number of hydrogen-bond donors (Lipinski definition) is 0. The average molecular weight is 253 g/mol. The normalized spacial score (nSPS) is 11.6. The lowest BCUT2D eigenvalue weighted by atomic mass is 10.2. The van der Waals surface area contributed by atoms with E-state index in [1.165, 1.54) is 24.9 Å². The Morgan fingerprint density at radius 3 is 2.88 bits per heavy atom. The minimum atomic E-state index is -0.439. The Bertz CT molecular complexity index is 456. The molecular formula is C12H12FNO2S. The number of hydrogen-bond acceptors (Lipinski definition) is 4. The average Bonchev–Trinajstić information content (AvgIpc) is 2.35. The largest absolute Gasteiger partial charge is 0.469 e. The van der Waals surface area contributed by atoms with Gasteiger partial charge in [0, 0.05) is 10.6 Å². The van der Waals surface area contributed by atoms with E-state index in [1.54, 1.807) is 19.1 Å². The Morgan fingerprint density at radius 1 is 1.65 bits per heavy atom. The minimum Gasteiger partial charge on any atom is -0.469 e. The number of esters is 1. The Hall–Kier alpha value is -1.54. The van der Waals surface area contributed by atoms with Crippen LogP contribution in [-0.4, -0.2) is 18.8 Å². The van der Waals surface area contributed by atoms with Crippen molar-refractivity contribution < 1.29 is 13.9 Å². The van der Waals surface area contributed by atoms with E-state index in [1.807, 2.05) is 6.07 Å². The molecule has 1 aromatic rings. The summed E-state index contributed by atoms with van der Waals surface area (Å²) in [6, 6.07) is 6.14. The van der Waals surface area contributed by atoms with Gasteiger partial charge in [0.1, 0.15) is 5.82 Å². The Balaban J connectivity index is 2.64. The number of carbonyl (C=O) groups is 1. The van der Waals surface area contributed by atoms with Gasteiger partial charge in [0.2, 0.25) is 0 Å². The number of nitrogens with zero attached hydrogens (tertiary/aromatic N) is 1. The second-order valence-corrected chi connectivity index (χ2v) is 4.55. The van der Waals surface area contributed by atoms with E-state index in [4.69, 9.17) is 5.26 Å². The summed E-state index contributed by atoms with van der Waals surface area (Å²) >= 11 is 1.23. The molecule has 17 heavy (non-hydrogen) atoms. The van der Waals surface area contributed by atoms with Gasteiger partial charge < -0.3 is 4.74 Å². The summed E-state index contributed by atoms with van der Waals surface area (Å²) in [5.41, 5.74) is 0.285. The molecule has 1 atom stereocenters. The maximum Gasteiger partial charge on any atom is 0.309 e. The predicted octanol–water partition coefficient (Wildman–Crippen LogP) is 2.60. The number of nitriles is 1. The van der Waals surface area contributed by atoms with Crippen LogP contribution in [0.4, 0.5) is 4.39 Å². The topological polar surface area (TPSA) is 50.1 Å². The van der Waals surface area contributed by atoms with Gasteiger partial charge in [-0.05, 0) is 18.2 Å². The molecule has 0 radical (unpaired) electrons. The molecule has 0 saturated carbocycles. The SMILES string of the molecule is COC(=O)C(C)CSc1ccc(C#N)cc1F. The van der Waals surface area contributed by atoms with Gasteiger partial charge in [0.05, 0.1) is 24.7 Å². The number of halogens is 1. The molecule has 0 aliphatic heterocycles. The molecule has 0 N–H and O–H groups in total. The molecule has 0 fully saturated rings. The zero-order valence-corrected chi connectivity index (χ0v) is 10.4. The van der Waals surface area contributed by atoms with E-state index in [0.29, 0.717) is 10.6 Å². The van der Waals surface area contributed by atoms with Gasteiger partial charge >= 0.3 is 5.97 Å². The Kier molecular flexibility index (Phi) is 4.98. The number of methoxy groups -OCH3 is 1. The van der Waals surface area contributed by atoms with Crippen molar-refractivity contribution in [2.75, 3.05) is 12.9 Å². The zero-order valence-electron chi connectivity index (χ0n) is 9.57. The highest BCUT2D eigenvalue weighted by Gasteiger charge is 2.14. The summed E-state index contributed by atoms with van der Waals surface area (Å²) in [6.45, 7) is 1.72. The predicted molar refractivity (Wildman–Crippen MR) is 63.0 cm³/mol. The Labute approximate surface area is 104 Å². The molecule has 0 aliphatic carbocycles. The van der Waals surface area contributed by atoms with Crippen LogP contribution in [-0.2, 0) is 9.53 Å². The molecule has 1 unspecified atom stereocenters. The second kappa shape index (κ2) is 6.26. The molecule has 0 saturated heterocycles. The fraction of sp³-hybridized carbons (Fsp3) is 0.333. The third-order valence-electron chi connectivity index (χ3n) is 2.15. The molecule has 0 heterocycles. The first-order valence-electron chi connectivity index (χ1n) is 4.98. The van der Waals surface area contributed by atoms with Crippen molar-refractivity contribution in [2.24, 2.45) is 5.92 Å². The van der Waals surface area contributed by atoms with Crippen LogP contribution in [0.5, 0.6) is 0 Å². The first kappa shape index (κ1) is 13.5. The van der Waals surface area contributed by atoms with Gasteiger partial charge in [-0.15, -0.1) is 11.8 Å². The second-order valence-electron chi connectivity index (χ2n) is 3.49. The van der Waals surface area contributed by atoms with Crippen molar-refractivity contribution in [1.82, 2.24) is 0 Å². The van der Waals surface area contributed by atoms with Gasteiger partial charge in [0.15, 0.2) is 0 Å². The first-order chi connectivity index (χ1) is 8.08. The third kappa shape index (κ3) is 3.75. The molecule has 1 rings (SSSR count). The van der Waals surface area contributed by atoms with Crippen molar-refractivity contribution in [3.05, 3.63) is 29.6 Å². The minimum absolute atomic E-state index is 0.285. The van der Waals surface area contributed by atoms with E-state index < -0.39 is 5.82 Å². The van der Waals surface area contributed by atoms with Crippen LogP contribution in [0.25, 0.3) is 0 Å². The van der Waals surface area contributed by atoms with Crippen LogP contribution >= 0.6 is 11.8 Å². The van der Waals surface area contributed by atoms with Gasteiger partial charge in [-0.2, -0.15) is 5.26 Å². The molecule has 0 spiro atoms. The highest BCUT2D eigenvalue weighted by Crippen LogP contribution is 2.24. The number of rotatable bonds is 4. The first-order valence-corrected chi connectivity index (χ1v) is 5.97. The summed E-state index contributed by atoms with van der Waals surface area (Å²) in [5.74, 6) is -0.604. The highest BCUT2D eigenvalue weighted by molar-refractivity contribution is 7.99. The summed E-state index contributed by atoms with van der Waals surface area (Å²) < 4.78 is 18.1. The van der Waals surface area contributed by atoms with Crippen LogP contribution in [0.2, 0.25) is 0 Å². The maximum absolute atomic E-state index is 13.5. The molecule has 90 valence electrons. The van der Waals surface area contributed by atoms with E-state index in [9.17, 15) is 9.18 Å². The summed E-state index contributed by atoms with van der Waals surface area (Å²) in [4.78, 5) is 11.6. The van der Waals surface area contributed by atoms with Gasteiger partial charge in [-0.3, -0.25) is 4.79 Å². The number of benzene rings is 1. The molecule has 0 amide bonds. The standard InChI is InChI=1S/C12H12FNO2S/c1-8(12(15)16-2)7-17-11-4-3-9(6-14)5-10(11)13/h3-5,8H,7H2,1-2H3. The van der Waals surface area contributed by atoms with Crippen molar-refractivity contribution in [1.29, 1.82) is 5.26 Å². The zero-order chi connectivity index (χ0) is 12.8. The van der Waals surface area contributed by atoms with Crippen molar-refractivity contribution >= 4 is 17.7 Å². The van der Waals surface area contributed by atoms with Crippen LogP contribution < -0.4 is 0 Å². The monoisotopic (exact) mass is 253 g/mol. The van der Waals surface area contributed by atoms with Crippen molar-refractivity contribution in [3.8, 4) is 6.07 Å². The summed E-state index contributed by atoms with van der Waals surface area (Å²) in [6.07, 6.45) is 0. The molecule has 1 aromatic carbocycles. The van der Waals surface area contributed by atoms with Crippen LogP contribution in [0.15, 0.2) is 23.1 Å². The molecule has 3 nitrogen and oxygen atoms in total. The van der Waals surface area contributed by atoms with Gasteiger partial charge in [-0.25, -0.2) is 4.39 Å². The smallest absolute Gasteiger partial charge is 0.309 e. The van der Waals surface area contributed by atoms with E-state index >= 15 is 0 Å².